The average Bonchev–Trinajstić information content (AvgIpc) is 2.73. The highest BCUT2D eigenvalue weighted by molar-refractivity contribution is 7.81. The van der Waals surface area contributed by atoms with Crippen LogP contribution in [0.1, 0.15) is 43.0 Å². The SMILES string of the molecule is CC(=O)c1cccc(N2CCC(NC(=O)N(C)C3CCN(S(C)=O)CC3)CC2)c1. The normalized spacial score (nSPS) is 20.3. The van der Waals surface area contributed by atoms with Crippen molar-refractivity contribution < 1.29 is 13.8 Å². The molecule has 0 radical (unpaired) electrons. The lowest BCUT2D eigenvalue weighted by Gasteiger charge is -2.38. The van der Waals surface area contributed by atoms with Crippen LogP contribution in [-0.4, -0.2) is 76.8 Å². The van der Waals surface area contributed by atoms with E-state index in [2.05, 4.69) is 10.2 Å². The van der Waals surface area contributed by atoms with E-state index >= 15 is 0 Å². The summed E-state index contributed by atoms with van der Waals surface area (Å²) >= 11 is 0. The second kappa shape index (κ2) is 9.71. The van der Waals surface area contributed by atoms with E-state index in [4.69, 9.17) is 0 Å². The maximum atomic E-state index is 12.7. The zero-order valence-corrected chi connectivity index (χ0v) is 18.4. The highest BCUT2D eigenvalue weighted by Crippen LogP contribution is 2.22. The molecule has 2 aliphatic rings. The molecule has 2 aliphatic heterocycles. The number of rotatable bonds is 5. The number of carbonyl (C=O) groups is 2. The molecule has 0 spiro atoms. The van der Waals surface area contributed by atoms with E-state index in [1.165, 1.54) is 0 Å². The maximum Gasteiger partial charge on any atom is 0.317 e. The molecule has 2 fully saturated rings. The van der Waals surface area contributed by atoms with E-state index in [1.807, 2.05) is 40.5 Å². The van der Waals surface area contributed by atoms with Gasteiger partial charge in [-0.05, 0) is 44.7 Å². The third-order valence-electron chi connectivity index (χ3n) is 6.10. The van der Waals surface area contributed by atoms with Gasteiger partial charge in [-0.15, -0.1) is 0 Å². The molecule has 160 valence electrons. The third kappa shape index (κ3) is 5.57. The lowest BCUT2D eigenvalue weighted by Crippen LogP contribution is -2.52. The van der Waals surface area contributed by atoms with Crippen molar-refractivity contribution in [3.63, 3.8) is 0 Å². The van der Waals surface area contributed by atoms with Gasteiger partial charge in [-0.2, -0.15) is 0 Å². The molecular weight excluding hydrogens is 388 g/mol. The second-order valence-electron chi connectivity index (χ2n) is 8.01. The van der Waals surface area contributed by atoms with Crippen LogP contribution in [0, 0.1) is 0 Å². The van der Waals surface area contributed by atoms with Crippen molar-refractivity contribution in [2.75, 3.05) is 44.4 Å². The first-order valence-electron chi connectivity index (χ1n) is 10.3. The predicted molar refractivity (Wildman–Crippen MR) is 117 cm³/mol. The molecule has 2 heterocycles. The van der Waals surface area contributed by atoms with Crippen LogP contribution in [0.5, 0.6) is 0 Å². The number of hydrogen-bond acceptors (Lipinski definition) is 4. The number of ketones is 1. The summed E-state index contributed by atoms with van der Waals surface area (Å²) in [6, 6.07) is 8.10. The largest absolute Gasteiger partial charge is 0.371 e. The van der Waals surface area contributed by atoms with Gasteiger partial charge in [0.25, 0.3) is 0 Å². The molecule has 8 heteroatoms. The molecular formula is C21H32N4O3S. The topological polar surface area (TPSA) is 73.0 Å². The smallest absolute Gasteiger partial charge is 0.317 e. The fourth-order valence-electron chi connectivity index (χ4n) is 4.13. The van der Waals surface area contributed by atoms with Gasteiger partial charge in [0, 0.05) is 62.8 Å². The van der Waals surface area contributed by atoms with Gasteiger partial charge in [0.2, 0.25) is 0 Å². The fourth-order valence-corrected chi connectivity index (χ4v) is 4.86. The van der Waals surface area contributed by atoms with Crippen LogP contribution >= 0.6 is 0 Å². The van der Waals surface area contributed by atoms with Crippen LogP contribution in [0.3, 0.4) is 0 Å². The Morgan fingerprint density at radius 1 is 1.10 bits per heavy atom. The third-order valence-corrected chi connectivity index (χ3v) is 7.19. The van der Waals surface area contributed by atoms with Crippen LogP contribution in [0.25, 0.3) is 0 Å². The summed E-state index contributed by atoms with van der Waals surface area (Å²) in [7, 11) is 0.933. The van der Waals surface area contributed by atoms with Crippen LogP contribution in [0.15, 0.2) is 24.3 Å². The first kappa shape index (κ1) is 21.8. The lowest BCUT2D eigenvalue weighted by atomic mass is 10.0. The average molecular weight is 421 g/mol. The summed E-state index contributed by atoms with van der Waals surface area (Å²) in [5.41, 5.74) is 1.80. The Labute approximate surface area is 176 Å². The Morgan fingerprint density at radius 2 is 1.76 bits per heavy atom. The van der Waals surface area contributed by atoms with E-state index in [-0.39, 0.29) is 23.9 Å². The highest BCUT2D eigenvalue weighted by Gasteiger charge is 2.28. The lowest BCUT2D eigenvalue weighted by molar-refractivity contribution is 0.101. The molecule has 2 saturated heterocycles. The summed E-state index contributed by atoms with van der Waals surface area (Å²) in [5, 5.41) is 3.18. The predicted octanol–water partition coefficient (Wildman–Crippen LogP) is 2.26. The van der Waals surface area contributed by atoms with Crippen molar-refractivity contribution in [3.8, 4) is 0 Å². The van der Waals surface area contributed by atoms with Crippen LogP contribution < -0.4 is 10.2 Å². The van der Waals surface area contributed by atoms with Crippen molar-refractivity contribution in [1.82, 2.24) is 14.5 Å². The Bertz CT molecular complexity index is 756. The molecule has 3 rings (SSSR count). The zero-order valence-electron chi connectivity index (χ0n) is 17.6. The molecule has 1 aromatic carbocycles. The van der Waals surface area contributed by atoms with E-state index in [0.717, 1.165) is 63.1 Å². The minimum absolute atomic E-state index is 0.0157. The number of hydrogen-bond donors (Lipinski definition) is 1. The quantitative estimate of drug-likeness (QED) is 0.742. The van der Waals surface area contributed by atoms with Crippen molar-refractivity contribution in [2.45, 2.75) is 44.7 Å². The summed E-state index contributed by atoms with van der Waals surface area (Å²) in [6.07, 6.45) is 5.19. The maximum absolute atomic E-state index is 12.7. The molecule has 1 N–H and O–H groups in total. The molecule has 7 nitrogen and oxygen atoms in total. The van der Waals surface area contributed by atoms with Gasteiger partial charge in [-0.3, -0.25) is 4.79 Å². The molecule has 1 atom stereocenters. The number of nitrogens with one attached hydrogen (secondary N) is 1. The zero-order chi connectivity index (χ0) is 21.0. The Kier molecular flexibility index (Phi) is 7.29. The number of piperidine rings is 2. The summed E-state index contributed by atoms with van der Waals surface area (Å²) < 4.78 is 13.5. The van der Waals surface area contributed by atoms with Crippen molar-refractivity contribution in [3.05, 3.63) is 29.8 Å². The first-order chi connectivity index (χ1) is 13.8. The van der Waals surface area contributed by atoms with Crippen molar-refractivity contribution in [1.29, 1.82) is 0 Å². The van der Waals surface area contributed by atoms with Crippen LogP contribution in [0.4, 0.5) is 10.5 Å². The van der Waals surface area contributed by atoms with Gasteiger partial charge in [-0.1, -0.05) is 12.1 Å². The minimum atomic E-state index is -0.929. The highest BCUT2D eigenvalue weighted by atomic mass is 32.2. The monoisotopic (exact) mass is 420 g/mol. The van der Waals surface area contributed by atoms with Gasteiger partial charge in [0.05, 0.1) is 11.0 Å². The van der Waals surface area contributed by atoms with Crippen LogP contribution in [-0.2, 0) is 11.0 Å². The number of Topliss-reactive ketones (excluding diaryl/α,β-unsaturated/α-hetero) is 1. The van der Waals surface area contributed by atoms with Gasteiger partial charge >= 0.3 is 6.03 Å². The van der Waals surface area contributed by atoms with E-state index in [0.29, 0.717) is 0 Å². The van der Waals surface area contributed by atoms with Gasteiger partial charge in [-0.25, -0.2) is 13.3 Å². The van der Waals surface area contributed by atoms with E-state index in [9.17, 15) is 13.8 Å². The second-order valence-corrected chi connectivity index (χ2v) is 9.38. The molecule has 0 aliphatic carbocycles. The number of amides is 2. The molecule has 0 saturated carbocycles. The van der Waals surface area contributed by atoms with Crippen molar-refractivity contribution >= 4 is 28.5 Å². The van der Waals surface area contributed by atoms with Gasteiger partial charge in [0.1, 0.15) is 0 Å². The summed E-state index contributed by atoms with van der Waals surface area (Å²) in [4.78, 5) is 28.4. The Balaban J connectivity index is 1.46. The van der Waals surface area contributed by atoms with Crippen molar-refractivity contribution in [2.24, 2.45) is 0 Å². The minimum Gasteiger partial charge on any atom is -0.371 e. The fraction of sp³-hybridized carbons (Fsp3) is 0.619. The number of nitrogens with zero attached hydrogens (tertiary/aromatic N) is 3. The molecule has 0 bridgehead atoms. The standard InChI is InChI=1S/C21H32N4O3S/c1-16(26)17-5-4-6-20(15-17)24-11-7-18(8-12-24)22-21(27)23(2)19-9-13-25(14-10-19)29(3)28/h4-6,15,18-19H,7-14H2,1-3H3,(H,22,27). The number of carbonyl (C=O) groups excluding carboxylic acids is 2. The molecule has 29 heavy (non-hydrogen) atoms. The van der Waals surface area contributed by atoms with E-state index in [1.54, 1.807) is 13.2 Å². The summed E-state index contributed by atoms with van der Waals surface area (Å²) in [6.45, 7) is 4.84. The Hall–Kier alpha value is -1.93. The number of anilines is 1. The molecule has 0 aromatic heterocycles. The summed E-state index contributed by atoms with van der Waals surface area (Å²) in [5.74, 6) is 0.0769. The number of benzene rings is 1. The molecule has 1 aromatic rings. The first-order valence-corrected chi connectivity index (χ1v) is 11.8. The van der Waals surface area contributed by atoms with Gasteiger partial charge in [0.15, 0.2) is 5.78 Å². The van der Waals surface area contributed by atoms with E-state index < -0.39 is 11.0 Å². The number of urea groups is 1. The Morgan fingerprint density at radius 3 is 2.34 bits per heavy atom. The molecule has 1 unspecified atom stereocenters. The molecule has 2 amide bonds. The van der Waals surface area contributed by atoms with Crippen LogP contribution in [0.2, 0.25) is 0 Å². The van der Waals surface area contributed by atoms with Gasteiger partial charge < -0.3 is 15.1 Å².